The topological polar surface area (TPSA) is 138 Å². The van der Waals surface area contributed by atoms with E-state index in [4.69, 9.17) is 9.84 Å². The number of hydrogen-bond donors (Lipinski definition) is 4. The molecule has 0 aliphatic rings. The van der Waals surface area contributed by atoms with E-state index in [1.165, 1.54) is 19.2 Å². The number of ether oxygens (including phenoxy) is 1. The standard InChI is InChI=1S/C35H37FN2O7.Na.H/c1-21(2)38-29(18-17-27(39)19-28(40)20-30(41)42)31(23-9-13-25(36)14-10-23)32(22-7-5-4-6-8-22)33(38)34(43)37-26-15-11-24(12-16-26)35(44)45-3;;/h4-16,21,27-28,39-40H,17-20H2,1-3H3,(H,37,43)(H,41,42);;/t27-,28-;;/m1../s1. The van der Waals surface area contributed by atoms with E-state index in [2.05, 4.69) is 5.32 Å². The molecular weight excluding hydrogens is 602 g/mol. The summed E-state index contributed by atoms with van der Waals surface area (Å²) < 4.78 is 20.7. The van der Waals surface area contributed by atoms with Crippen LogP contribution in [-0.2, 0) is 16.0 Å². The number of methoxy groups -OCH3 is 1. The van der Waals surface area contributed by atoms with Crippen molar-refractivity contribution in [2.24, 2.45) is 0 Å². The van der Waals surface area contributed by atoms with Gasteiger partial charge in [0, 0.05) is 28.6 Å². The number of aliphatic hydroxyl groups excluding tert-OH is 2. The van der Waals surface area contributed by atoms with Gasteiger partial charge in [0.15, 0.2) is 0 Å². The first-order valence-electron chi connectivity index (χ1n) is 14.7. The van der Waals surface area contributed by atoms with Gasteiger partial charge >= 0.3 is 41.5 Å². The minimum atomic E-state index is -1.21. The number of carboxylic acid groups (broad SMARTS) is 1. The molecule has 4 rings (SSSR count). The fourth-order valence-electron chi connectivity index (χ4n) is 5.51. The van der Waals surface area contributed by atoms with Gasteiger partial charge < -0.3 is 29.9 Å². The van der Waals surface area contributed by atoms with Gasteiger partial charge in [-0.25, -0.2) is 9.18 Å². The second kappa shape index (κ2) is 16.7. The monoisotopic (exact) mass is 640 g/mol. The van der Waals surface area contributed by atoms with E-state index >= 15 is 0 Å². The first-order valence-corrected chi connectivity index (χ1v) is 14.7. The number of nitrogens with zero attached hydrogens (tertiary/aromatic N) is 1. The summed E-state index contributed by atoms with van der Waals surface area (Å²) in [6.45, 7) is 3.86. The van der Waals surface area contributed by atoms with Gasteiger partial charge in [-0.3, -0.25) is 9.59 Å². The van der Waals surface area contributed by atoms with E-state index in [-0.39, 0.29) is 54.9 Å². The van der Waals surface area contributed by atoms with Gasteiger partial charge in [-0.1, -0.05) is 42.5 Å². The zero-order valence-electron chi connectivity index (χ0n) is 25.4. The molecule has 1 amide bonds. The molecule has 0 saturated heterocycles. The summed E-state index contributed by atoms with van der Waals surface area (Å²) in [4.78, 5) is 37.1. The number of aliphatic hydroxyl groups is 2. The number of halogens is 1. The van der Waals surface area contributed by atoms with E-state index < -0.39 is 42.3 Å². The van der Waals surface area contributed by atoms with Crippen LogP contribution >= 0.6 is 0 Å². The predicted molar refractivity (Wildman–Crippen MR) is 176 cm³/mol. The van der Waals surface area contributed by atoms with Crippen LogP contribution < -0.4 is 5.32 Å². The Morgan fingerprint density at radius 3 is 2.04 bits per heavy atom. The summed E-state index contributed by atoms with van der Waals surface area (Å²) in [7, 11) is 1.29. The molecule has 0 bridgehead atoms. The van der Waals surface area contributed by atoms with Crippen LogP contribution in [0.2, 0.25) is 0 Å². The molecule has 1 aromatic heterocycles. The predicted octanol–water partition coefficient (Wildman–Crippen LogP) is 5.45. The fourth-order valence-corrected chi connectivity index (χ4v) is 5.51. The molecule has 4 N–H and O–H groups in total. The number of nitrogens with one attached hydrogen (secondary N) is 1. The number of carboxylic acids is 1. The molecule has 238 valence electrons. The van der Waals surface area contributed by atoms with Gasteiger partial charge in [0.2, 0.25) is 0 Å². The molecule has 0 aliphatic carbocycles. The van der Waals surface area contributed by atoms with Crippen LogP contribution in [-0.4, -0.2) is 86.6 Å². The van der Waals surface area contributed by atoms with Crippen LogP contribution in [0.1, 0.15) is 65.7 Å². The Hall–Kier alpha value is -3.80. The third-order valence-corrected chi connectivity index (χ3v) is 7.47. The number of esters is 1. The Kier molecular flexibility index (Phi) is 13.3. The van der Waals surface area contributed by atoms with Crippen molar-refractivity contribution in [2.75, 3.05) is 12.4 Å². The molecule has 0 spiro atoms. The van der Waals surface area contributed by atoms with Crippen LogP contribution in [0.3, 0.4) is 0 Å². The maximum absolute atomic E-state index is 14.2. The SMILES string of the molecule is COC(=O)c1ccc(NC(=O)c2c(-c3ccccc3)c(-c3ccc(F)cc3)c(CC[C@@H](O)C[C@@H](O)CC(=O)O)n2C(C)C)cc1.[NaH]. The van der Waals surface area contributed by atoms with Crippen LogP contribution in [0.5, 0.6) is 0 Å². The third kappa shape index (κ3) is 8.92. The van der Waals surface area contributed by atoms with E-state index in [9.17, 15) is 29.0 Å². The number of hydrogen-bond acceptors (Lipinski definition) is 6. The molecule has 0 radical (unpaired) electrons. The molecule has 0 saturated carbocycles. The fraction of sp³-hybridized carbons (Fsp3) is 0.286. The number of carbonyl (C=O) groups excluding carboxylic acids is 2. The van der Waals surface area contributed by atoms with Gasteiger partial charge in [-0.05, 0) is 80.6 Å². The van der Waals surface area contributed by atoms with Crippen LogP contribution in [0.25, 0.3) is 22.3 Å². The number of aromatic nitrogens is 1. The summed E-state index contributed by atoms with van der Waals surface area (Å²) >= 11 is 0. The Balaban J connectivity index is 0.00000576. The van der Waals surface area contributed by atoms with Gasteiger partial charge in [0.25, 0.3) is 5.91 Å². The minimum absolute atomic E-state index is 0. The van der Waals surface area contributed by atoms with Gasteiger partial charge in [-0.15, -0.1) is 0 Å². The second-order valence-electron chi connectivity index (χ2n) is 11.1. The van der Waals surface area contributed by atoms with Crippen molar-refractivity contribution in [1.29, 1.82) is 0 Å². The molecule has 3 aromatic carbocycles. The van der Waals surface area contributed by atoms with Crippen molar-refractivity contribution in [1.82, 2.24) is 4.57 Å². The number of amides is 1. The average Bonchev–Trinajstić information content (AvgIpc) is 3.36. The number of anilines is 1. The second-order valence-corrected chi connectivity index (χ2v) is 11.1. The Morgan fingerprint density at radius 1 is 0.870 bits per heavy atom. The molecular formula is C35H38FN2NaO7. The van der Waals surface area contributed by atoms with Crippen LogP contribution in [0.15, 0.2) is 78.9 Å². The first kappa shape index (κ1) is 36.7. The summed E-state index contributed by atoms with van der Waals surface area (Å²) in [5.74, 6) is -2.49. The van der Waals surface area contributed by atoms with E-state index in [1.807, 2.05) is 48.7 Å². The quantitative estimate of drug-likeness (QED) is 0.113. The number of carbonyl (C=O) groups is 3. The third-order valence-electron chi connectivity index (χ3n) is 7.47. The van der Waals surface area contributed by atoms with Crippen molar-refractivity contribution in [3.63, 3.8) is 0 Å². The van der Waals surface area contributed by atoms with Crippen molar-refractivity contribution in [2.45, 2.75) is 57.8 Å². The van der Waals surface area contributed by atoms with Gasteiger partial charge in [0.05, 0.1) is 31.3 Å². The molecule has 46 heavy (non-hydrogen) atoms. The average molecular weight is 641 g/mol. The van der Waals surface area contributed by atoms with E-state index in [1.54, 1.807) is 36.4 Å². The number of rotatable bonds is 13. The molecule has 0 aliphatic heterocycles. The molecule has 1 heterocycles. The zero-order valence-corrected chi connectivity index (χ0v) is 25.4. The van der Waals surface area contributed by atoms with Crippen molar-refractivity contribution < 1.29 is 38.8 Å². The molecule has 9 nitrogen and oxygen atoms in total. The summed E-state index contributed by atoms with van der Waals surface area (Å²) in [5, 5.41) is 32.8. The molecule has 0 unspecified atom stereocenters. The molecule has 4 aromatic rings. The van der Waals surface area contributed by atoms with Crippen molar-refractivity contribution in [3.8, 4) is 22.3 Å². The van der Waals surface area contributed by atoms with E-state index in [0.29, 0.717) is 39.3 Å². The maximum atomic E-state index is 14.2. The first-order chi connectivity index (χ1) is 21.5. The normalized spacial score (nSPS) is 12.2. The van der Waals surface area contributed by atoms with Crippen LogP contribution in [0, 0.1) is 5.82 Å². The molecule has 0 fully saturated rings. The van der Waals surface area contributed by atoms with Gasteiger partial charge in [0.1, 0.15) is 11.5 Å². The number of benzene rings is 3. The zero-order chi connectivity index (χ0) is 32.7. The Bertz CT molecular complexity index is 1640. The Labute approximate surface area is 289 Å². The summed E-state index contributed by atoms with van der Waals surface area (Å²) in [6.07, 6.45) is -2.39. The van der Waals surface area contributed by atoms with Gasteiger partial charge in [-0.2, -0.15) is 0 Å². The van der Waals surface area contributed by atoms with Crippen molar-refractivity contribution in [3.05, 3.63) is 102 Å². The molecule has 11 heteroatoms. The summed E-state index contributed by atoms with van der Waals surface area (Å²) in [6, 6.07) is 21.4. The Morgan fingerprint density at radius 2 is 1.48 bits per heavy atom. The van der Waals surface area contributed by atoms with Crippen molar-refractivity contribution >= 4 is 53.1 Å². The summed E-state index contributed by atoms with van der Waals surface area (Å²) in [5.41, 5.74) is 4.59. The van der Waals surface area contributed by atoms with E-state index in [0.717, 1.165) is 5.56 Å². The molecule has 2 atom stereocenters. The van der Waals surface area contributed by atoms with Crippen LogP contribution in [0.4, 0.5) is 10.1 Å². The number of aliphatic carboxylic acids is 1.